The standard InChI is InChI=1S/C58H107NO5/c1-4-7-10-13-16-19-22-25-27-28-30-33-36-39-42-45-48-51-58(63)64-54(49-46-43-40-37-34-32-29-26-23-20-17-14-11-8-5-2)52-57(62)59-55(53-60)56(61)50-47-44-41-38-35-31-24-21-18-15-12-9-6-3/h17,20,25-27,29,34,37,54-56,60-61H,4-16,18-19,21-24,28,30-33,35-36,38-53H2,1-3H3,(H,59,62)/b20-17-,27-25+,29-26-,37-34-. The monoisotopic (exact) mass is 898 g/mol. The SMILES string of the molecule is CCCCC/C=C\C/C=C\C/C=C\CCCCC(CC(=O)NC(CO)C(O)CCCCCCCCCCCCCCC)OC(=O)CCCCCCCCC/C=C/CCCCCCCC. The number of hydrogen-bond acceptors (Lipinski definition) is 5. The predicted octanol–water partition coefficient (Wildman–Crippen LogP) is 17.0. The van der Waals surface area contributed by atoms with Crippen LogP contribution in [0.15, 0.2) is 48.6 Å². The van der Waals surface area contributed by atoms with Gasteiger partial charge in [-0.15, -0.1) is 0 Å². The van der Waals surface area contributed by atoms with Crippen LogP contribution in [0, 0.1) is 0 Å². The van der Waals surface area contributed by atoms with E-state index in [9.17, 15) is 19.8 Å². The molecule has 0 rings (SSSR count). The summed E-state index contributed by atoms with van der Waals surface area (Å²) in [5, 5.41) is 23.8. The number of nitrogens with one attached hydrogen (secondary N) is 1. The molecule has 3 unspecified atom stereocenters. The molecule has 0 aromatic rings. The first kappa shape index (κ1) is 61.8. The first-order chi connectivity index (χ1) is 31.5. The van der Waals surface area contributed by atoms with Crippen molar-refractivity contribution in [2.75, 3.05) is 6.61 Å². The number of unbranched alkanes of at least 4 members (excludes halogenated alkanes) is 30. The number of amides is 1. The van der Waals surface area contributed by atoms with Gasteiger partial charge < -0.3 is 20.3 Å². The molecule has 64 heavy (non-hydrogen) atoms. The summed E-state index contributed by atoms with van der Waals surface area (Å²) < 4.78 is 5.93. The summed E-state index contributed by atoms with van der Waals surface area (Å²) in [7, 11) is 0. The van der Waals surface area contributed by atoms with Gasteiger partial charge in [-0.2, -0.15) is 0 Å². The molecular weight excluding hydrogens is 791 g/mol. The Bertz CT molecular complexity index is 1100. The molecule has 0 saturated heterocycles. The van der Waals surface area contributed by atoms with E-state index in [-0.39, 0.29) is 24.9 Å². The van der Waals surface area contributed by atoms with Gasteiger partial charge in [0.2, 0.25) is 5.91 Å². The van der Waals surface area contributed by atoms with Crippen molar-refractivity contribution in [3.8, 4) is 0 Å². The third-order valence-corrected chi connectivity index (χ3v) is 12.6. The third-order valence-electron chi connectivity index (χ3n) is 12.6. The van der Waals surface area contributed by atoms with Crippen LogP contribution in [0.25, 0.3) is 0 Å². The number of allylic oxidation sites excluding steroid dienone is 8. The number of carbonyl (C=O) groups excluding carboxylic acids is 2. The molecule has 6 nitrogen and oxygen atoms in total. The Labute approximate surface area is 397 Å². The lowest BCUT2D eigenvalue weighted by Gasteiger charge is -2.24. The topological polar surface area (TPSA) is 95.9 Å². The summed E-state index contributed by atoms with van der Waals surface area (Å²) in [4.78, 5) is 26.2. The summed E-state index contributed by atoms with van der Waals surface area (Å²) in [6, 6.07) is -0.714. The highest BCUT2D eigenvalue weighted by molar-refractivity contribution is 5.77. The fourth-order valence-electron chi connectivity index (χ4n) is 8.37. The second-order valence-electron chi connectivity index (χ2n) is 19.0. The molecule has 0 aromatic heterocycles. The van der Waals surface area contributed by atoms with Crippen LogP contribution in [-0.4, -0.2) is 46.9 Å². The molecule has 0 heterocycles. The maximum absolute atomic E-state index is 13.2. The zero-order valence-electron chi connectivity index (χ0n) is 42.7. The maximum atomic E-state index is 13.2. The molecule has 0 aliphatic carbocycles. The third kappa shape index (κ3) is 46.4. The smallest absolute Gasteiger partial charge is 0.306 e. The zero-order valence-corrected chi connectivity index (χ0v) is 42.7. The predicted molar refractivity (Wildman–Crippen MR) is 278 cm³/mol. The molecule has 0 radical (unpaired) electrons. The van der Waals surface area contributed by atoms with E-state index in [1.807, 2.05) is 0 Å². The van der Waals surface area contributed by atoms with Gasteiger partial charge in [0, 0.05) is 6.42 Å². The molecule has 374 valence electrons. The molecule has 3 atom stereocenters. The molecule has 0 aromatic carbocycles. The maximum Gasteiger partial charge on any atom is 0.306 e. The van der Waals surface area contributed by atoms with E-state index in [4.69, 9.17) is 4.74 Å². The summed E-state index contributed by atoms with van der Waals surface area (Å²) in [6.45, 7) is 6.46. The quantitative estimate of drug-likeness (QED) is 0.0321. The average Bonchev–Trinajstić information content (AvgIpc) is 3.29. The van der Waals surface area contributed by atoms with Crippen molar-refractivity contribution in [2.24, 2.45) is 0 Å². The molecule has 0 aliphatic rings. The number of esters is 1. The highest BCUT2D eigenvalue weighted by atomic mass is 16.5. The molecule has 0 saturated carbocycles. The molecule has 0 fully saturated rings. The zero-order chi connectivity index (χ0) is 46.7. The Hall–Kier alpha value is -2.18. The summed E-state index contributed by atoms with van der Waals surface area (Å²) >= 11 is 0. The molecular formula is C58H107NO5. The largest absolute Gasteiger partial charge is 0.462 e. The average molecular weight is 898 g/mol. The Morgan fingerprint density at radius 2 is 0.797 bits per heavy atom. The van der Waals surface area contributed by atoms with Gasteiger partial charge in [0.05, 0.1) is 25.2 Å². The molecule has 0 spiro atoms. The van der Waals surface area contributed by atoms with Crippen molar-refractivity contribution in [2.45, 2.75) is 302 Å². The highest BCUT2D eigenvalue weighted by Crippen LogP contribution is 2.18. The molecule has 3 N–H and O–H groups in total. The first-order valence-corrected chi connectivity index (χ1v) is 27.9. The van der Waals surface area contributed by atoms with E-state index < -0.39 is 18.2 Å². The minimum atomic E-state index is -0.798. The van der Waals surface area contributed by atoms with Gasteiger partial charge in [-0.05, 0) is 89.9 Å². The number of aliphatic hydroxyl groups excluding tert-OH is 2. The second-order valence-corrected chi connectivity index (χ2v) is 19.0. The number of carbonyl (C=O) groups is 2. The van der Waals surface area contributed by atoms with Crippen molar-refractivity contribution in [3.63, 3.8) is 0 Å². The van der Waals surface area contributed by atoms with E-state index in [1.54, 1.807) is 0 Å². The van der Waals surface area contributed by atoms with E-state index in [0.29, 0.717) is 19.3 Å². The van der Waals surface area contributed by atoms with Crippen molar-refractivity contribution < 1.29 is 24.5 Å². The minimum absolute atomic E-state index is 0.0512. The number of ether oxygens (including phenoxy) is 1. The number of hydrogen-bond donors (Lipinski definition) is 3. The van der Waals surface area contributed by atoms with E-state index in [1.165, 1.54) is 167 Å². The summed E-state index contributed by atoms with van der Waals surface area (Å²) in [5.74, 6) is -0.508. The van der Waals surface area contributed by atoms with Crippen molar-refractivity contribution in [3.05, 3.63) is 48.6 Å². The number of aliphatic hydroxyl groups is 2. The van der Waals surface area contributed by atoms with Crippen LogP contribution in [0.2, 0.25) is 0 Å². The van der Waals surface area contributed by atoms with Gasteiger partial charge in [-0.1, -0.05) is 230 Å². The van der Waals surface area contributed by atoms with Crippen LogP contribution >= 0.6 is 0 Å². The van der Waals surface area contributed by atoms with Crippen molar-refractivity contribution in [1.29, 1.82) is 0 Å². The Kier molecular flexibility index (Phi) is 50.0. The lowest BCUT2D eigenvalue weighted by Crippen LogP contribution is -2.46. The van der Waals surface area contributed by atoms with E-state index in [0.717, 1.165) is 70.6 Å². The van der Waals surface area contributed by atoms with Crippen molar-refractivity contribution in [1.82, 2.24) is 5.32 Å². The summed E-state index contributed by atoms with van der Waals surface area (Å²) in [5.41, 5.74) is 0. The fraction of sp³-hybridized carbons (Fsp3) is 0.828. The van der Waals surface area contributed by atoms with Gasteiger partial charge in [0.1, 0.15) is 6.10 Å². The van der Waals surface area contributed by atoms with Gasteiger partial charge in [0.25, 0.3) is 0 Å². The van der Waals surface area contributed by atoms with E-state index >= 15 is 0 Å². The molecule has 0 bridgehead atoms. The number of rotatable bonds is 50. The van der Waals surface area contributed by atoms with Crippen LogP contribution < -0.4 is 5.32 Å². The van der Waals surface area contributed by atoms with Crippen molar-refractivity contribution >= 4 is 11.9 Å². The first-order valence-electron chi connectivity index (χ1n) is 27.9. The minimum Gasteiger partial charge on any atom is -0.462 e. The van der Waals surface area contributed by atoms with Gasteiger partial charge >= 0.3 is 5.97 Å². The van der Waals surface area contributed by atoms with Gasteiger partial charge in [0.15, 0.2) is 0 Å². The lowest BCUT2D eigenvalue weighted by molar-refractivity contribution is -0.151. The van der Waals surface area contributed by atoms with Crippen LogP contribution in [-0.2, 0) is 14.3 Å². The Morgan fingerprint density at radius 1 is 0.453 bits per heavy atom. The fourth-order valence-corrected chi connectivity index (χ4v) is 8.37. The van der Waals surface area contributed by atoms with Crippen LogP contribution in [0.1, 0.15) is 284 Å². The Balaban J connectivity index is 4.62. The van der Waals surface area contributed by atoms with E-state index in [2.05, 4.69) is 74.7 Å². The highest BCUT2D eigenvalue weighted by Gasteiger charge is 2.24. The molecule has 6 heteroatoms. The Morgan fingerprint density at radius 3 is 1.27 bits per heavy atom. The molecule has 0 aliphatic heterocycles. The normalized spacial score (nSPS) is 13.5. The summed E-state index contributed by atoms with van der Waals surface area (Å²) in [6.07, 6.45) is 63.1. The van der Waals surface area contributed by atoms with Gasteiger partial charge in [-0.25, -0.2) is 0 Å². The van der Waals surface area contributed by atoms with Gasteiger partial charge in [-0.3, -0.25) is 9.59 Å². The van der Waals surface area contributed by atoms with Crippen LogP contribution in [0.5, 0.6) is 0 Å². The molecule has 1 amide bonds. The second kappa shape index (κ2) is 51.8. The lowest BCUT2D eigenvalue weighted by atomic mass is 10.0. The van der Waals surface area contributed by atoms with Crippen LogP contribution in [0.4, 0.5) is 0 Å². The van der Waals surface area contributed by atoms with Crippen LogP contribution in [0.3, 0.4) is 0 Å².